The molecular weight excluding hydrogens is 316 g/mol. The van der Waals surface area contributed by atoms with Gasteiger partial charge in [0.1, 0.15) is 17.3 Å². The molecule has 0 saturated heterocycles. The molecule has 2 heterocycles. The zero-order valence-corrected chi connectivity index (χ0v) is 15.1. The lowest BCUT2D eigenvalue weighted by Crippen LogP contribution is -2.20. The fourth-order valence-electron chi connectivity index (χ4n) is 2.68. The number of rotatable bonds is 7. The van der Waals surface area contributed by atoms with Crippen molar-refractivity contribution in [1.29, 1.82) is 0 Å². The molecule has 0 radical (unpaired) electrons. The molecule has 0 atom stereocenters. The summed E-state index contributed by atoms with van der Waals surface area (Å²) in [6.45, 7) is 5.62. The maximum atomic E-state index is 5.37. The van der Waals surface area contributed by atoms with Crippen LogP contribution < -0.4 is 4.74 Å². The lowest BCUT2D eigenvalue weighted by atomic mass is 10.1. The van der Waals surface area contributed by atoms with Gasteiger partial charge in [-0.15, -0.1) is 0 Å². The fraction of sp³-hybridized carbons (Fsp3) is 0.368. The van der Waals surface area contributed by atoms with Crippen LogP contribution in [0, 0.1) is 0 Å². The third kappa shape index (κ3) is 4.09. The van der Waals surface area contributed by atoms with E-state index in [0.29, 0.717) is 19.0 Å². The predicted molar refractivity (Wildman–Crippen MR) is 95.9 cm³/mol. The molecule has 0 amide bonds. The van der Waals surface area contributed by atoms with Crippen molar-refractivity contribution >= 4 is 0 Å². The van der Waals surface area contributed by atoms with Gasteiger partial charge in [0.25, 0.3) is 0 Å². The van der Waals surface area contributed by atoms with E-state index in [1.165, 1.54) is 0 Å². The molecule has 0 fully saturated rings. The highest BCUT2D eigenvalue weighted by molar-refractivity contribution is 5.38. The molecule has 0 aliphatic heterocycles. The summed E-state index contributed by atoms with van der Waals surface area (Å²) in [5.74, 6) is 3.08. The molecule has 0 saturated carbocycles. The highest BCUT2D eigenvalue weighted by Crippen LogP contribution is 2.18. The molecule has 0 unspecified atom stereocenters. The smallest absolute Gasteiger partial charge is 0.139 e. The van der Waals surface area contributed by atoms with Gasteiger partial charge in [-0.1, -0.05) is 19.0 Å². The third-order valence-corrected chi connectivity index (χ3v) is 4.06. The Bertz CT molecular complexity index is 805. The van der Waals surface area contributed by atoms with E-state index < -0.39 is 0 Å². The van der Waals surface area contributed by atoms with Crippen LogP contribution in [0.2, 0.25) is 0 Å². The van der Waals surface area contributed by atoms with Crippen molar-refractivity contribution in [1.82, 2.24) is 19.6 Å². The molecule has 0 bridgehead atoms. The van der Waals surface area contributed by atoms with E-state index in [2.05, 4.69) is 40.5 Å². The Morgan fingerprint density at radius 2 is 1.96 bits per heavy atom. The average molecular weight is 340 g/mol. The highest BCUT2D eigenvalue weighted by atomic mass is 16.5. The van der Waals surface area contributed by atoms with Gasteiger partial charge in [-0.25, -0.2) is 4.98 Å². The monoisotopic (exact) mass is 340 g/mol. The molecular formula is C19H24N4O2. The van der Waals surface area contributed by atoms with E-state index in [4.69, 9.17) is 9.26 Å². The maximum absolute atomic E-state index is 5.37. The molecule has 132 valence electrons. The van der Waals surface area contributed by atoms with Crippen LogP contribution in [0.25, 0.3) is 5.69 Å². The summed E-state index contributed by atoms with van der Waals surface area (Å²) in [6, 6.07) is 9.97. The number of aromatic nitrogens is 3. The zero-order valence-electron chi connectivity index (χ0n) is 15.1. The van der Waals surface area contributed by atoms with Crippen molar-refractivity contribution in [2.75, 3.05) is 14.2 Å². The summed E-state index contributed by atoms with van der Waals surface area (Å²) >= 11 is 0. The summed E-state index contributed by atoms with van der Waals surface area (Å²) in [7, 11) is 3.72. The van der Waals surface area contributed by atoms with Gasteiger partial charge in [-0.2, -0.15) is 0 Å². The summed E-state index contributed by atoms with van der Waals surface area (Å²) in [6.07, 6.45) is 3.79. The number of ether oxygens (including phenoxy) is 1. The second-order valence-corrected chi connectivity index (χ2v) is 6.46. The Morgan fingerprint density at radius 1 is 1.20 bits per heavy atom. The van der Waals surface area contributed by atoms with Crippen LogP contribution >= 0.6 is 0 Å². The average Bonchev–Trinajstić information content (AvgIpc) is 3.24. The van der Waals surface area contributed by atoms with E-state index >= 15 is 0 Å². The van der Waals surface area contributed by atoms with Crippen molar-refractivity contribution < 1.29 is 9.26 Å². The van der Waals surface area contributed by atoms with Crippen LogP contribution in [0.15, 0.2) is 47.2 Å². The van der Waals surface area contributed by atoms with Gasteiger partial charge in [0.15, 0.2) is 0 Å². The number of hydrogen-bond donors (Lipinski definition) is 0. The van der Waals surface area contributed by atoms with E-state index in [0.717, 1.165) is 28.7 Å². The van der Waals surface area contributed by atoms with Crippen LogP contribution in [-0.4, -0.2) is 33.8 Å². The first-order chi connectivity index (χ1) is 12.1. The molecule has 0 N–H and O–H groups in total. The molecule has 0 spiro atoms. The predicted octanol–water partition coefficient (Wildman–Crippen LogP) is 3.62. The van der Waals surface area contributed by atoms with E-state index in [-0.39, 0.29) is 0 Å². The summed E-state index contributed by atoms with van der Waals surface area (Å²) in [5.41, 5.74) is 2.00. The fourth-order valence-corrected chi connectivity index (χ4v) is 2.68. The van der Waals surface area contributed by atoms with Gasteiger partial charge >= 0.3 is 0 Å². The van der Waals surface area contributed by atoms with Crippen molar-refractivity contribution in [2.24, 2.45) is 0 Å². The molecule has 6 nitrogen and oxygen atoms in total. The van der Waals surface area contributed by atoms with Gasteiger partial charge < -0.3 is 13.8 Å². The summed E-state index contributed by atoms with van der Waals surface area (Å²) in [5, 5.41) is 4.15. The largest absolute Gasteiger partial charge is 0.497 e. The van der Waals surface area contributed by atoms with Gasteiger partial charge in [-0.3, -0.25) is 4.90 Å². The zero-order chi connectivity index (χ0) is 17.8. The van der Waals surface area contributed by atoms with Gasteiger partial charge in [-0.05, 0) is 31.3 Å². The molecule has 3 aromatic rings. The minimum absolute atomic E-state index is 0.348. The minimum Gasteiger partial charge on any atom is -0.497 e. The van der Waals surface area contributed by atoms with Gasteiger partial charge in [0.05, 0.1) is 19.3 Å². The Hall–Kier alpha value is -2.60. The van der Waals surface area contributed by atoms with E-state index in [1.807, 2.05) is 42.7 Å². The Kier molecular flexibility index (Phi) is 5.19. The van der Waals surface area contributed by atoms with Crippen LogP contribution in [0.4, 0.5) is 0 Å². The SMILES string of the molecule is COc1ccc(-n2ccnc2CN(C)Cc2cc(C(C)C)on2)cc1. The normalized spacial score (nSPS) is 11.4. The number of benzene rings is 1. The number of hydrogen-bond acceptors (Lipinski definition) is 5. The number of nitrogens with zero attached hydrogens (tertiary/aromatic N) is 4. The summed E-state index contributed by atoms with van der Waals surface area (Å²) in [4.78, 5) is 6.67. The van der Waals surface area contributed by atoms with Gasteiger partial charge in [0, 0.05) is 36.6 Å². The second-order valence-electron chi connectivity index (χ2n) is 6.46. The molecule has 25 heavy (non-hydrogen) atoms. The molecule has 0 aliphatic rings. The highest BCUT2D eigenvalue weighted by Gasteiger charge is 2.12. The number of methoxy groups -OCH3 is 1. The van der Waals surface area contributed by atoms with Crippen molar-refractivity contribution in [2.45, 2.75) is 32.9 Å². The minimum atomic E-state index is 0.348. The van der Waals surface area contributed by atoms with Crippen molar-refractivity contribution in [3.8, 4) is 11.4 Å². The lowest BCUT2D eigenvalue weighted by Gasteiger charge is -2.16. The molecule has 2 aromatic heterocycles. The Morgan fingerprint density at radius 3 is 2.60 bits per heavy atom. The lowest BCUT2D eigenvalue weighted by molar-refractivity contribution is 0.292. The topological polar surface area (TPSA) is 56.3 Å². The van der Waals surface area contributed by atoms with Crippen LogP contribution in [0.3, 0.4) is 0 Å². The maximum Gasteiger partial charge on any atom is 0.139 e. The van der Waals surface area contributed by atoms with Crippen molar-refractivity contribution in [3.05, 3.63) is 60.0 Å². The number of imidazole rings is 1. The van der Waals surface area contributed by atoms with E-state index in [1.54, 1.807) is 7.11 Å². The second kappa shape index (κ2) is 7.53. The molecule has 1 aromatic carbocycles. The Balaban J connectivity index is 1.69. The van der Waals surface area contributed by atoms with Crippen LogP contribution in [0.5, 0.6) is 5.75 Å². The summed E-state index contributed by atoms with van der Waals surface area (Å²) < 4.78 is 12.7. The molecule has 0 aliphatic carbocycles. The molecule has 3 rings (SSSR count). The first-order valence-corrected chi connectivity index (χ1v) is 8.37. The van der Waals surface area contributed by atoms with Crippen LogP contribution in [0.1, 0.15) is 37.0 Å². The Labute approximate surface area is 148 Å². The first-order valence-electron chi connectivity index (χ1n) is 8.37. The van der Waals surface area contributed by atoms with Crippen LogP contribution in [-0.2, 0) is 13.1 Å². The quantitative estimate of drug-likeness (QED) is 0.657. The van der Waals surface area contributed by atoms with Crippen molar-refractivity contribution in [3.63, 3.8) is 0 Å². The third-order valence-electron chi connectivity index (χ3n) is 4.06. The van der Waals surface area contributed by atoms with Gasteiger partial charge in [0.2, 0.25) is 0 Å². The van der Waals surface area contributed by atoms with E-state index in [9.17, 15) is 0 Å². The standard InChI is InChI=1S/C19H24N4O2/c1-14(2)18-11-15(21-25-18)12-22(3)13-19-20-9-10-23(19)16-5-7-17(24-4)8-6-16/h5-11,14H,12-13H2,1-4H3. The molecule has 6 heteroatoms. The first kappa shape index (κ1) is 17.2.